The van der Waals surface area contributed by atoms with Gasteiger partial charge in [0.1, 0.15) is 5.82 Å². The second-order valence-electron chi connectivity index (χ2n) is 3.37. The lowest BCUT2D eigenvalue weighted by Crippen LogP contribution is -1.93. The largest absolute Gasteiger partial charge is 0.399 e. The van der Waals surface area contributed by atoms with Crippen LogP contribution in [0, 0.1) is 5.82 Å². The Labute approximate surface area is 101 Å². The molecule has 0 fully saturated rings. The Morgan fingerprint density at radius 3 is 2.62 bits per heavy atom. The molecule has 2 aromatic carbocycles. The quantitative estimate of drug-likeness (QED) is 0.819. The molecule has 0 unspecified atom stereocenters. The van der Waals surface area contributed by atoms with E-state index in [1.54, 1.807) is 6.07 Å². The van der Waals surface area contributed by atoms with Crippen LogP contribution < -0.4 is 11.1 Å². The fourth-order valence-electron chi connectivity index (χ4n) is 1.36. The molecule has 0 bridgehead atoms. The van der Waals surface area contributed by atoms with E-state index in [1.165, 1.54) is 12.1 Å². The average Bonchev–Trinajstić information content (AvgIpc) is 2.22. The van der Waals surface area contributed by atoms with Crippen LogP contribution in [0.25, 0.3) is 0 Å². The molecular weight excluding hydrogens is 271 g/mol. The normalized spacial score (nSPS) is 10.1. The van der Waals surface area contributed by atoms with Crippen LogP contribution in [-0.2, 0) is 0 Å². The van der Waals surface area contributed by atoms with Crippen molar-refractivity contribution in [1.82, 2.24) is 0 Å². The van der Waals surface area contributed by atoms with Gasteiger partial charge in [0.05, 0.1) is 5.69 Å². The van der Waals surface area contributed by atoms with E-state index in [1.807, 2.05) is 24.3 Å². The summed E-state index contributed by atoms with van der Waals surface area (Å²) in [5, 5.41) is 3.15. The van der Waals surface area contributed by atoms with E-state index in [4.69, 9.17) is 5.73 Å². The molecule has 3 N–H and O–H groups in total. The first-order chi connectivity index (χ1) is 7.65. The van der Waals surface area contributed by atoms with E-state index in [2.05, 4.69) is 21.2 Å². The molecule has 0 heterocycles. The predicted molar refractivity (Wildman–Crippen MR) is 68.2 cm³/mol. The van der Waals surface area contributed by atoms with Gasteiger partial charge in [0, 0.05) is 15.8 Å². The van der Waals surface area contributed by atoms with Crippen molar-refractivity contribution in [3.8, 4) is 0 Å². The average molecular weight is 281 g/mol. The Morgan fingerprint density at radius 1 is 1.12 bits per heavy atom. The number of hydrogen-bond acceptors (Lipinski definition) is 2. The molecule has 0 saturated heterocycles. The summed E-state index contributed by atoms with van der Waals surface area (Å²) in [7, 11) is 0. The van der Waals surface area contributed by atoms with Crippen LogP contribution in [0.1, 0.15) is 0 Å². The van der Waals surface area contributed by atoms with Crippen molar-refractivity contribution in [2.75, 3.05) is 11.1 Å². The number of nitrogens with two attached hydrogens (primary N) is 1. The first-order valence-corrected chi connectivity index (χ1v) is 5.52. The third kappa shape index (κ3) is 2.52. The van der Waals surface area contributed by atoms with Gasteiger partial charge in [0.2, 0.25) is 0 Å². The summed E-state index contributed by atoms with van der Waals surface area (Å²) in [4.78, 5) is 0. The van der Waals surface area contributed by atoms with Crippen molar-refractivity contribution in [1.29, 1.82) is 0 Å². The van der Waals surface area contributed by atoms with E-state index in [-0.39, 0.29) is 5.82 Å². The van der Waals surface area contributed by atoms with Gasteiger partial charge in [-0.3, -0.25) is 0 Å². The van der Waals surface area contributed by atoms with E-state index in [9.17, 15) is 4.39 Å². The minimum Gasteiger partial charge on any atom is -0.399 e. The molecule has 0 aliphatic rings. The smallest absolute Gasteiger partial charge is 0.124 e. The lowest BCUT2D eigenvalue weighted by atomic mass is 10.2. The first-order valence-electron chi connectivity index (χ1n) is 4.73. The molecule has 2 rings (SSSR count). The summed E-state index contributed by atoms with van der Waals surface area (Å²) >= 11 is 3.29. The Morgan fingerprint density at radius 2 is 1.94 bits per heavy atom. The highest BCUT2D eigenvalue weighted by molar-refractivity contribution is 9.10. The summed E-state index contributed by atoms with van der Waals surface area (Å²) < 4.78 is 13.5. The van der Waals surface area contributed by atoms with Gasteiger partial charge in [-0.05, 0) is 52.3 Å². The molecule has 0 aliphatic heterocycles. The van der Waals surface area contributed by atoms with Crippen molar-refractivity contribution < 1.29 is 4.39 Å². The second-order valence-corrected chi connectivity index (χ2v) is 4.23. The zero-order valence-electron chi connectivity index (χ0n) is 8.37. The van der Waals surface area contributed by atoms with Crippen molar-refractivity contribution in [3.05, 3.63) is 52.8 Å². The molecule has 0 aromatic heterocycles. The molecule has 0 radical (unpaired) electrons. The zero-order valence-corrected chi connectivity index (χ0v) is 9.96. The van der Waals surface area contributed by atoms with Crippen LogP contribution in [-0.4, -0.2) is 0 Å². The molecule has 0 amide bonds. The van der Waals surface area contributed by atoms with Gasteiger partial charge < -0.3 is 11.1 Å². The number of halogens is 2. The Hall–Kier alpha value is -1.55. The van der Waals surface area contributed by atoms with E-state index in [0.717, 1.165) is 11.4 Å². The lowest BCUT2D eigenvalue weighted by Gasteiger charge is -2.08. The summed E-state index contributed by atoms with van der Waals surface area (Å²) in [5.41, 5.74) is 8.01. The van der Waals surface area contributed by atoms with Crippen molar-refractivity contribution in [2.45, 2.75) is 0 Å². The number of anilines is 3. The van der Waals surface area contributed by atoms with Gasteiger partial charge in [-0.1, -0.05) is 6.07 Å². The maximum absolute atomic E-state index is 12.9. The standard InChI is InChI=1S/C12H10BrFN2/c13-11-6-8(14)4-5-12(11)16-10-3-1-2-9(15)7-10/h1-7,16H,15H2. The molecule has 82 valence electrons. The van der Waals surface area contributed by atoms with Crippen molar-refractivity contribution in [2.24, 2.45) is 0 Å². The fourth-order valence-corrected chi connectivity index (χ4v) is 1.81. The second kappa shape index (κ2) is 4.53. The summed E-state index contributed by atoms with van der Waals surface area (Å²) in [6.45, 7) is 0. The zero-order chi connectivity index (χ0) is 11.5. The van der Waals surface area contributed by atoms with E-state index >= 15 is 0 Å². The molecule has 0 atom stereocenters. The van der Waals surface area contributed by atoms with Gasteiger partial charge >= 0.3 is 0 Å². The van der Waals surface area contributed by atoms with Crippen LogP contribution in [0.2, 0.25) is 0 Å². The Kier molecular flexibility index (Phi) is 3.10. The maximum Gasteiger partial charge on any atom is 0.124 e. The predicted octanol–water partition coefficient (Wildman–Crippen LogP) is 3.91. The van der Waals surface area contributed by atoms with Gasteiger partial charge in [0.15, 0.2) is 0 Å². The molecule has 0 aliphatic carbocycles. The summed E-state index contributed by atoms with van der Waals surface area (Å²) in [5.74, 6) is -0.273. The van der Waals surface area contributed by atoms with Crippen molar-refractivity contribution in [3.63, 3.8) is 0 Å². The molecule has 0 spiro atoms. The molecular formula is C12H10BrFN2. The van der Waals surface area contributed by atoms with E-state index in [0.29, 0.717) is 10.2 Å². The highest BCUT2D eigenvalue weighted by Crippen LogP contribution is 2.27. The first kappa shape index (κ1) is 11.0. The van der Waals surface area contributed by atoms with Gasteiger partial charge in [-0.15, -0.1) is 0 Å². The third-order valence-corrected chi connectivity index (χ3v) is 2.75. The Balaban J connectivity index is 2.27. The summed E-state index contributed by atoms with van der Waals surface area (Å²) in [6, 6.07) is 11.9. The minimum absolute atomic E-state index is 0.273. The van der Waals surface area contributed by atoms with Gasteiger partial charge in [-0.25, -0.2) is 4.39 Å². The van der Waals surface area contributed by atoms with Crippen LogP contribution in [0.15, 0.2) is 46.9 Å². The maximum atomic E-state index is 12.9. The molecule has 2 nitrogen and oxygen atoms in total. The number of nitrogen functional groups attached to an aromatic ring is 1. The van der Waals surface area contributed by atoms with Gasteiger partial charge in [0.25, 0.3) is 0 Å². The van der Waals surface area contributed by atoms with Crippen molar-refractivity contribution >= 4 is 33.0 Å². The number of hydrogen-bond donors (Lipinski definition) is 2. The monoisotopic (exact) mass is 280 g/mol. The third-order valence-electron chi connectivity index (χ3n) is 2.10. The number of rotatable bonds is 2. The minimum atomic E-state index is -0.273. The molecule has 4 heteroatoms. The molecule has 0 saturated carbocycles. The molecule has 2 aromatic rings. The van der Waals surface area contributed by atoms with Crippen LogP contribution in [0.4, 0.5) is 21.5 Å². The van der Waals surface area contributed by atoms with Crippen LogP contribution in [0.5, 0.6) is 0 Å². The topological polar surface area (TPSA) is 38.0 Å². The molecule has 16 heavy (non-hydrogen) atoms. The number of nitrogens with one attached hydrogen (secondary N) is 1. The van der Waals surface area contributed by atoms with Crippen LogP contribution >= 0.6 is 15.9 Å². The lowest BCUT2D eigenvalue weighted by molar-refractivity contribution is 0.627. The Bertz CT molecular complexity index is 514. The van der Waals surface area contributed by atoms with Gasteiger partial charge in [-0.2, -0.15) is 0 Å². The van der Waals surface area contributed by atoms with E-state index < -0.39 is 0 Å². The number of benzene rings is 2. The SMILES string of the molecule is Nc1cccc(Nc2ccc(F)cc2Br)c1. The highest BCUT2D eigenvalue weighted by Gasteiger charge is 2.01. The fraction of sp³-hybridized carbons (Fsp3) is 0. The highest BCUT2D eigenvalue weighted by atomic mass is 79.9. The van der Waals surface area contributed by atoms with Crippen LogP contribution in [0.3, 0.4) is 0 Å². The summed E-state index contributed by atoms with van der Waals surface area (Å²) in [6.07, 6.45) is 0.